The van der Waals surface area contributed by atoms with E-state index in [1.165, 1.54) is 0 Å². The first-order valence-corrected chi connectivity index (χ1v) is 11.1. The average Bonchev–Trinajstić information content (AvgIpc) is 3.20. The fourth-order valence-corrected chi connectivity index (χ4v) is 4.04. The van der Waals surface area contributed by atoms with E-state index in [0.717, 1.165) is 50.2 Å². The van der Waals surface area contributed by atoms with Crippen LogP contribution in [0.3, 0.4) is 0 Å². The van der Waals surface area contributed by atoms with Gasteiger partial charge in [0.05, 0.1) is 12.3 Å². The highest BCUT2D eigenvalue weighted by Crippen LogP contribution is 2.27. The zero-order valence-electron chi connectivity index (χ0n) is 18.6. The first-order valence-electron chi connectivity index (χ1n) is 11.1. The van der Waals surface area contributed by atoms with Gasteiger partial charge in [-0.1, -0.05) is 20.8 Å². The fraction of sp³-hybridized carbons (Fsp3) is 0.542. The van der Waals surface area contributed by atoms with Crippen LogP contribution >= 0.6 is 0 Å². The number of hydrogen-bond acceptors (Lipinski definition) is 4. The molecule has 0 bridgehead atoms. The summed E-state index contributed by atoms with van der Waals surface area (Å²) in [6.45, 7) is 10.3. The molecule has 0 atom stereocenters. The summed E-state index contributed by atoms with van der Waals surface area (Å²) in [7, 11) is 0. The van der Waals surface area contributed by atoms with Crippen molar-refractivity contribution in [3.8, 4) is 5.69 Å². The monoisotopic (exact) mass is 411 g/mol. The predicted octanol–water partition coefficient (Wildman–Crippen LogP) is 4.82. The lowest BCUT2D eigenvalue weighted by Crippen LogP contribution is -2.37. The number of nitrogens with zero attached hydrogens (tertiary/aromatic N) is 3. The van der Waals surface area contributed by atoms with Crippen molar-refractivity contribution in [1.29, 1.82) is 0 Å². The second-order valence-electron chi connectivity index (χ2n) is 8.12. The van der Waals surface area contributed by atoms with Crippen molar-refractivity contribution in [3.05, 3.63) is 47.3 Å². The van der Waals surface area contributed by atoms with Gasteiger partial charge >= 0.3 is 5.97 Å². The smallest absolute Gasteiger partial charge is 0.358 e. The standard InChI is InChI=1S/C24H33N3O3/c1-5-18(6-2)22-16-21(24(29)30-7-3)25-27(22)20-10-8-19(9-11-20)23(28)26-14-12-17(4)13-15-26/h8-11,16-18H,5-7,12-15H2,1-4H3. The number of esters is 1. The van der Waals surface area contributed by atoms with E-state index in [0.29, 0.717) is 23.8 Å². The topological polar surface area (TPSA) is 64.4 Å². The minimum Gasteiger partial charge on any atom is -0.461 e. The van der Waals surface area contributed by atoms with Gasteiger partial charge in [-0.15, -0.1) is 0 Å². The maximum atomic E-state index is 12.8. The van der Waals surface area contributed by atoms with Gasteiger partial charge in [-0.05, 0) is 68.9 Å². The molecule has 1 aliphatic heterocycles. The quantitative estimate of drug-likeness (QED) is 0.613. The average molecular weight is 412 g/mol. The second-order valence-corrected chi connectivity index (χ2v) is 8.12. The summed E-state index contributed by atoms with van der Waals surface area (Å²) in [5, 5.41) is 4.54. The van der Waals surface area contributed by atoms with Gasteiger partial charge in [0, 0.05) is 30.3 Å². The van der Waals surface area contributed by atoms with Gasteiger partial charge in [-0.3, -0.25) is 4.79 Å². The zero-order chi connectivity index (χ0) is 21.7. The molecule has 1 saturated heterocycles. The molecule has 0 saturated carbocycles. The third kappa shape index (κ3) is 4.74. The molecule has 1 amide bonds. The molecule has 0 radical (unpaired) electrons. The largest absolute Gasteiger partial charge is 0.461 e. The van der Waals surface area contributed by atoms with Crippen molar-refractivity contribution in [2.24, 2.45) is 5.92 Å². The maximum absolute atomic E-state index is 12.8. The van der Waals surface area contributed by atoms with Crippen LogP contribution in [0.25, 0.3) is 5.69 Å². The van der Waals surface area contributed by atoms with Gasteiger partial charge in [-0.25, -0.2) is 9.48 Å². The molecule has 6 heteroatoms. The van der Waals surface area contributed by atoms with Crippen LogP contribution in [0.2, 0.25) is 0 Å². The first kappa shape index (κ1) is 22.1. The molecule has 2 heterocycles. The van der Waals surface area contributed by atoms with E-state index >= 15 is 0 Å². The molecule has 0 spiro atoms. The summed E-state index contributed by atoms with van der Waals surface area (Å²) in [4.78, 5) is 27.0. The van der Waals surface area contributed by atoms with Crippen LogP contribution < -0.4 is 0 Å². The number of likely N-dealkylation sites (tertiary alicyclic amines) is 1. The molecule has 30 heavy (non-hydrogen) atoms. The number of benzene rings is 1. The molecule has 162 valence electrons. The van der Waals surface area contributed by atoms with Crippen LogP contribution in [-0.4, -0.2) is 46.3 Å². The highest BCUT2D eigenvalue weighted by atomic mass is 16.5. The summed E-state index contributed by atoms with van der Waals surface area (Å²) in [5.41, 5.74) is 2.85. The highest BCUT2D eigenvalue weighted by molar-refractivity contribution is 5.94. The van der Waals surface area contributed by atoms with E-state index in [4.69, 9.17) is 4.74 Å². The Balaban J connectivity index is 1.87. The Morgan fingerprint density at radius 3 is 2.30 bits per heavy atom. The van der Waals surface area contributed by atoms with Crippen LogP contribution in [0, 0.1) is 5.92 Å². The lowest BCUT2D eigenvalue weighted by atomic mass is 9.98. The third-order valence-electron chi connectivity index (χ3n) is 6.06. The maximum Gasteiger partial charge on any atom is 0.358 e. The minimum absolute atomic E-state index is 0.0846. The lowest BCUT2D eigenvalue weighted by Gasteiger charge is -2.30. The van der Waals surface area contributed by atoms with Crippen molar-refractivity contribution in [2.75, 3.05) is 19.7 Å². The van der Waals surface area contributed by atoms with E-state index in [9.17, 15) is 9.59 Å². The first-order chi connectivity index (χ1) is 14.5. The van der Waals surface area contributed by atoms with Crippen molar-refractivity contribution in [3.63, 3.8) is 0 Å². The van der Waals surface area contributed by atoms with Crippen LogP contribution in [0.5, 0.6) is 0 Å². The molecule has 2 aromatic rings. The van der Waals surface area contributed by atoms with Crippen molar-refractivity contribution in [1.82, 2.24) is 14.7 Å². The Bertz CT molecular complexity index is 860. The van der Waals surface area contributed by atoms with E-state index in [1.807, 2.05) is 39.9 Å². The van der Waals surface area contributed by atoms with Crippen LogP contribution in [0.15, 0.2) is 30.3 Å². The van der Waals surface area contributed by atoms with E-state index < -0.39 is 5.97 Å². The molecule has 6 nitrogen and oxygen atoms in total. The molecule has 1 aromatic heterocycles. The number of piperidine rings is 1. The van der Waals surface area contributed by atoms with Gasteiger partial charge in [0.15, 0.2) is 5.69 Å². The molecular formula is C24H33N3O3. The van der Waals surface area contributed by atoms with Gasteiger partial charge in [0.25, 0.3) is 5.91 Å². The number of amides is 1. The number of ether oxygens (including phenoxy) is 1. The van der Waals surface area contributed by atoms with Crippen LogP contribution in [0.4, 0.5) is 0 Å². The summed E-state index contributed by atoms with van der Waals surface area (Å²) in [6, 6.07) is 9.38. The number of rotatable bonds is 7. The van der Waals surface area contributed by atoms with E-state index in [2.05, 4.69) is 25.9 Å². The number of carbonyl (C=O) groups excluding carboxylic acids is 2. The van der Waals surface area contributed by atoms with Crippen molar-refractivity contribution >= 4 is 11.9 Å². The van der Waals surface area contributed by atoms with Crippen LogP contribution in [-0.2, 0) is 4.74 Å². The number of hydrogen-bond donors (Lipinski definition) is 0. The van der Waals surface area contributed by atoms with Gasteiger partial charge in [0.2, 0.25) is 0 Å². The van der Waals surface area contributed by atoms with Gasteiger partial charge in [0.1, 0.15) is 0 Å². The van der Waals surface area contributed by atoms with E-state index in [1.54, 1.807) is 6.92 Å². The van der Waals surface area contributed by atoms with Gasteiger partial charge in [-0.2, -0.15) is 5.10 Å². The minimum atomic E-state index is -0.408. The van der Waals surface area contributed by atoms with Crippen molar-refractivity contribution in [2.45, 2.75) is 59.3 Å². The summed E-state index contributed by atoms with van der Waals surface area (Å²) in [6.07, 6.45) is 4.03. The molecule has 1 aromatic carbocycles. The van der Waals surface area contributed by atoms with E-state index in [-0.39, 0.29) is 11.8 Å². The SMILES string of the molecule is CCOC(=O)c1cc(C(CC)CC)n(-c2ccc(C(=O)N3CCC(C)CC3)cc2)n1. The van der Waals surface area contributed by atoms with Crippen molar-refractivity contribution < 1.29 is 14.3 Å². The lowest BCUT2D eigenvalue weighted by molar-refractivity contribution is 0.0518. The molecular weight excluding hydrogens is 378 g/mol. The second kappa shape index (κ2) is 9.92. The molecule has 1 fully saturated rings. The Morgan fingerprint density at radius 1 is 1.10 bits per heavy atom. The zero-order valence-corrected chi connectivity index (χ0v) is 18.6. The molecule has 1 aliphatic rings. The predicted molar refractivity (Wildman–Crippen MR) is 117 cm³/mol. The number of aromatic nitrogens is 2. The molecule has 0 N–H and O–H groups in total. The summed E-state index contributed by atoms with van der Waals surface area (Å²) in [5.74, 6) is 0.654. The normalized spacial score (nSPS) is 14.9. The Kier molecular flexibility index (Phi) is 7.29. The molecule has 0 unspecified atom stereocenters. The van der Waals surface area contributed by atoms with Gasteiger partial charge < -0.3 is 9.64 Å². The summed E-state index contributed by atoms with van der Waals surface area (Å²) >= 11 is 0. The fourth-order valence-electron chi connectivity index (χ4n) is 4.04. The molecule has 3 rings (SSSR count). The highest BCUT2D eigenvalue weighted by Gasteiger charge is 2.23. The molecule has 0 aliphatic carbocycles. The third-order valence-corrected chi connectivity index (χ3v) is 6.06. The Morgan fingerprint density at radius 2 is 1.73 bits per heavy atom. The van der Waals surface area contributed by atoms with Crippen LogP contribution in [0.1, 0.15) is 85.8 Å². The number of carbonyl (C=O) groups is 2. The Labute approximate surface area is 179 Å². The Hall–Kier alpha value is -2.63. The summed E-state index contributed by atoms with van der Waals surface area (Å²) < 4.78 is 6.96.